The van der Waals surface area contributed by atoms with E-state index < -0.39 is 0 Å². The number of aromatic amines is 1. The molecule has 5 heteroatoms. The van der Waals surface area contributed by atoms with Crippen molar-refractivity contribution in [3.05, 3.63) is 60.0 Å². The highest BCUT2D eigenvalue weighted by molar-refractivity contribution is 6.31. The minimum absolute atomic E-state index is 0.486. The summed E-state index contributed by atoms with van der Waals surface area (Å²) in [6, 6.07) is 8.49. The summed E-state index contributed by atoms with van der Waals surface area (Å²) in [5.41, 5.74) is 2.23. The number of allylic oxidation sites excluding steroid dienone is 1. The normalized spacial score (nSPS) is 19.7. The first-order valence-electron chi connectivity index (χ1n) is 10.8. The van der Waals surface area contributed by atoms with Gasteiger partial charge in [0.15, 0.2) is 0 Å². The van der Waals surface area contributed by atoms with Crippen LogP contribution in [-0.2, 0) is 6.54 Å². The van der Waals surface area contributed by atoms with Gasteiger partial charge in [-0.15, -0.1) is 6.58 Å². The summed E-state index contributed by atoms with van der Waals surface area (Å²) in [6.07, 6.45) is 10.1. The first-order valence-corrected chi connectivity index (χ1v) is 11.2. The quantitative estimate of drug-likeness (QED) is 0.529. The second kappa shape index (κ2) is 10.7. The highest BCUT2D eigenvalue weighted by atomic mass is 35.5. The van der Waals surface area contributed by atoms with Gasteiger partial charge in [0, 0.05) is 34.2 Å². The minimum atomic E-state index is 0.486. The Balaban J connectivity index is 0.000000290. The molecule has 4 nitrogen and oxygen atoms in total. The van der Waals surface area contributed by atoms with Crippen LogP contribution in [0.25, 0.3) is 10.9 Å². The Kier molecular flexibility index (Phi) is 8.08. The second-order valence-corrected chi connectivity index (χ2v) is 8.86. The van der Waals surface area contributed by atoms with E-state index in [-0.39, 0.29) is 0 Å². The van der Waals surface area contributed by atoms with E-state index in [1.807, 2.05) is 24.3 Å². The van der Waals surface area contributed by atoms with Crippen LogP contribution in [0.5, 0.6) is 0 Å². The summed E-state index contributed by atoms with van der Waals surface area (Å²) in [5, 5.41) is 8.73. The van der Waals surface area contributed by atoms with Crippen LogP contribution < -0.4 is 10.6 Å². The van der Waals surface area contributed by atoms with Crippen molar-refractivity contribution in [3.8, 4) is 0 Å². The zero-order valence-electron chi connectivity index (χ0n) is 17.6. The number of likely N-dealkylation sites (N-methyl/N-ethyl adjacent to an activating group) is 1. The number of piperidine rings is 1. The van der Waals surface area contributed by atoms with Crippen LogP contribution in [0.2, 0.25) is 5.02 Å². The van der Waals surface area contributed by atoms with Crippen molar-refractivity contribution in [2.45, 2.75) is 51.1 Å². The number of likely N-dealkylation sites (tertiary alicyclic amines) is 1. The van der Waals surface area contributed by atoms with E-state index in [0.717, 1.165) is 46.4 Å². The van der Waals surface area contributed by atoms with Crippen LogP contribution >= 0.6 is 11.6 Å². The lowest BCUT2D eigenvalue weighted by atomic mass is 9.83. The van der Waals surface area contributed by atoms with E-state index in [1.54, 1.807) is 0 Å². The molecule has 0 amide bonds. The molecule has 0 radical (unpaired) electrons. The number of rotatable bonds is 7. The van der Waals surface area contributed by atoms with Gasteiger partial charge in [0.2, 0.25) is 0 Å². The number of hydrogen-bond donors (Lipinski definition) is 3. The van der Waals surface area contributed by atoms with E-state index in [0.29, 0.717) is 6.04 Å². The van der Waals surface area contributed by atoms with E-state index >= 15 is 0 Å². The fraction of sp³-hybridized carbons (Fsp3) is 0.500. The van der Waals surface area contributed by atoms with Crippen LogP contribution in [0.15, 0.2) is 49.3 Å². The van der Waals surface area contributed by atoms with Gasteiger partial charge in [0.25, 0.3) is 0 Å². The number of nitrogens with one attached hydrogen (secondary N) is 3. The summed E-state index contributed by atoms with van der Waals surface area (Å²) in [7, 11) is 2.17. The molecule has 1 aromatic heterocycles. The molecule has 29 heavy (non-hydrogen) atoms. The molecule has 1 saturated carbocycles. The van der Waals surface area contributed by atoms with Crippen molar-refractivity contribution >= 4 is 22.5 Å². The Bertz CT molecular complexity index is 808. The standard InChI is InChI=1S/C17H23ClN4.C7H12/c1-12(20-15-4-3-7-22(2)11-15)19-10-16-9-13-8-14(18)5-6-17(13)21-16;1-2-4-7-5-3-6-7/h5-6,8-9,15,19-21H,1,3-4,7,10-11H2,2H3;2,7H,1,3-6H2. The predicted molar refractivity (Wildman–Crippen MR) is 125 cm³/mol. The molecule has 2 fully saturated rings. The molecule has 158 valence electrons. The van der Waals surface area contributed by atoms with E-state index in [9.17, 15) is 0 Å². The Morgan fingerprint density at radius 1 is 1.28 bits per heavy atom. The first-order chi connectivity index (χ1) is 14.0. The van der Waals surface area contributed by atoms with E-state index in [4.69, 9.17) is 11.6 Å². The Morgan fingerprint density at radius 2 is 2.10 bits per heavy atom. The number of aromatic nitrogens is 1. The lowest BCUT2D eigenvalue weighted by Gasteiger charge is -2.31. The molecule has 0 bridgehead atoms. The van der Waals surface area contributed by atoms with Gasteiger partial charge in [0.05, 0.1) is 12.4 Å². The van der Waals surface area contributed by atoms with Gasteiger partial charge in [0.1, 0.15) is 0 Å². The summed E-state index contributed by atoms with van der Waals surface area (Å²) >= 11 is 6.02. The molecule has 4 rings (SSSR count). The number of benzene rings is 1. The highest BCUT2D eigenvalue weighted by Crippen LogP contribution is 2.29. The van der Waals surface area contributed by atoms with Crippen molar-refractivity contribution in [2.75, 3.05) is 20.1 Å². The molecule has 2 aliphatic rings. The monoisotopic (exact) mass is 414 g/mol. The Morgan fingerprint density at radius 3 is 2.76 bits per heavy atom. The van der Waals surface area contributed by atoms with E-state index in [1.165, 1.54) is 45.1 Å². The molecular weight excluding hydrogens is 380 g/mol. The number of nitrogens with zero attached hydrogens (tertiary/aromatic N) is 1. The first kappa shape index (κ1) is 21.8. The maximum atomic E-state index is 6.02. The molecule has 2 heterocycles. The van der Waals surface area contributed by atoms with Crippen LogP contribution in [0.4, 0.5) is 0 Å². The number of fused-ring (bicyclic) bond motifs is 1. The maximum Gasteiger partial charge on any atom is 0.0918 e. The molecule has 2 aromatic rings. The van der Waals surface area contributed by atoms with Gasteiger partial charge in [-0.3, -0.25) is 0 Å². The summed E-state index contributed by atoms with van der Waals surface area (Å²) in [5.74, 6) is 1.90. The van der Waals surface area contributed by atoms with Crippen molar-refractivity contribution in [3.63, 3.8) is 0 Å². The number of hydrogen-bond acceptors (Lipinski definition) is 3. The topological polar surface area (TPSA) is 43.1 Å². The maximum absolute atomic E-state index is 6.02. The zero-order valence-corrected chi connectivity index (χ0v) is 18.4. The molecule has 0 spiro atoms. The summed E-state index contributed by atoms with van der Waals surface area (Å²) in [4.78, 5) is 5.75. The lowest BCUT2D eigenvalue weighted by molar-refractivity contribution is 0.233. The molecular formula is C24H35ClN4. The van der Waals surface area contributed by atoms with E-state index in [2.05, 4.69) is 46.8 Å². The second-order valence-electron chi connectivity index (χ2n) is 8.43. The minimum Gasteiger partial charge on any atom is -0.368 e. The Hall–Kier alpha value is -1.91. The molecule has 1 saturated heterocycles. The molecule has 1 aliphatic heterocycles. The average Bonchev–Trinajstić information content (AvgIpc) is 3.06. The third-order valence-corrected chi connectivity index (χ3v) is 6.09. The largest absolute Gasteiger partial charge is 0.368 e. The molecule has 1 atom stereocenters. The van der Waals surface area contributed by atoms with Crippen LogP contribution in [0, 0.1) is 5.92 Å². The lowest BCUT2D eigenvalue weighted by Crippen LogP contribution is -2.45. The molecule has 1 unspecified atom stereocenters. The average molecular weight is 415 g/mol. The zero-order chi connectivity index (χ0) is 20.6. The summed E-state index contributed by atoms with van der Waals surface area (Å²) in [6.45, 7) is 10.8. The van der Waals surface area contributed by atoms with Crippen LogP contribution in [-0.4, -0.2) is 36.1 Å². The van der Waals surface area contributed by atoms with Crippen LogP contribution in [0.1, 0.15) is 44.2 Å². The summed E-state index contributed by atoms with van der Waals surface area (Å²) < 4.78 is 0. The van der Waals surface area contributed by atoms with Crippen LogP contribution in [0.3, 0.4) is 0 Å². The Labute approximate surface area is 180 Å². The van der Waals surface area contributed by atoms with Gasteiger partial charge >= 0.3 is 0 Å². The highest BCUT2D eigenvalue weighted by Gasteiger charge is 2.17. The third-order valence-electron chi connectivity index (χ3n) is 5.86. The number of halogens is 1. The third kappa shape index (κ3) is 6.83. The van der Waals surface area contributed by atoms with Crippen molar-refractivity contribution in [2.24, 2.45) is 5.92 Å². The van der Waals surface area contributed by atoms with Gasteiger partial charge in [-0.1, -0.05) is 43.5 Å². The molecule has 3 N–H and O–H groups in total. The van der Waals surface area contributed by atoms with Crippen molar-refractivity contribution in [1.82, 2.24) is 20.5 Å². The van der Waals surface area contributed by atoms with Gasteiger partial charge in [-0.05, 0) is 63.0 Å². The van der Waals surface area contributed by atoms with Gasteiger partial charge in [-0.2, -0.15) is 0 Å². The van der Waals surface area contributed by atoms with Crippen molar-refractivity contribution < 1.29 is 0 Å². The molecule has 1 aliphatic carbocycles. The number of H-pyrrole nitrogens is 1. The SMILES string of the molecule is C=C(NCc1cc2cc(Cl)ccc2[nH]1)NC1CCCN(C)C1.C=CCC1CCC1. The predicted octanol–water partition coefficient (Wildman–Crippen LogP) is 5.43. The van der Waals surface area contributed by atoms with Gasteiger partial charge < -0.3 is 20.5 Å². The smallest absolute Gasteiger partial charge is 0.0918 e. The fourth-order valence-electron chi connectivity index (χ4n) is 4.01. The van der Waals surface area contributed by atoms with Gasteiger partial charge in [-0.25, -0.2) is 0 Å². The van der Waals surface area contributed by atoms with Crippen molar-refractivity contribution in [1.29, 1.82) is 0 Å². The molecule has 1 aromatic carbocycles. The fourth-order valence-corrected chi connectivity index (χ4v) is 4.19.